The van der Waals surface area contributed by atoms with Gasteiger partial charge < -0.3 is 10.1 Å². The molecule has 3 nitrogen and oxygen atoms in total. The number of ether oxygens (including phenoxy) is 1. The molecular weight excluding hydrogens is 390 g/mol. The molecule has 126 valence electrons. The Hall–Kier alpha value is -1.36. The van der Waals surface area contributed by atoms with Crippen LogP contribution in [-0.4, -0.2) is 25.7 Å². The Kier molecular flexibility index (Phi) is 5.59. The lowest BCUT2D eigenvalue weighted by molar-refractivity contribution is 0.0487. The molecular formula is C19H19BrClNO2. The largest absolute Gasteiger partial charge is 0.381 e. The van der Waals surface area contributed by atoms with Gasteiger partial charge in [-0.05, 0) is 36.6 Å². The van der Waals surface area contributed by atoms with Crippen LogP contribution in [0.3, 0.4) is 0 Å². The van der Waals surface area contributed by atoms with E-state index in [0.29, 0.717) is 30.3 Å². The van der Waals surface area contributed by atoms with Gasteiger partial charge in [-0.15, -0.1) is 0 Å². The fourth-order valence-electron chi connectivity index (χ4n) is 3.14. The predicted octanol–water partition coefficient (Wildman–Crippen LogP) is 4.58. The maximum atomic E-state index is 12.6. The molecule has 1 fully saturated rings. The van der Waals surface area contributed by atoms with Gasteiger partial charge in [0.05, 0.1) is 10.6 Å². The summed E-state index contributed by atoms with van der Waals surface area (Å²) in [4.78, 5) is 12.6. The monoisotopic (exact) mass is 407 g/mol. The van der Waals surface area contributed by atoms with Crippen molar-refractivity contribution in [1.29, 1.82) is 0 Å². The van der Waals surface area contributed by atoms with Gasteiger partial charge in [0.1, 0.15) is 0 Å². The van der Waals surface area contributed by atoms with Gasteiger partial charge in [-0.2, -0.15) is 0 Å². The first-order valence-corrected chi connectivity index (χ1v) is 9.14. The quantitative estimate of drug-likeness (QED) is 0.804. The summed E-state index contributed by atoms with van der Waals surface area (Å²) in [6.45, 7) is 1.99. The minimum absolute atomic E-state index is 0.0896. The first-order chi connectivity index (χ1) is 11.6. The van der Waals surface area contributed by atoms with Crippen molar-refractivity contribution in [2.24, 2.45) is 0 Å². The van der Waals surface area contributed by atoms with Gasteiger partial charge in [0.25, 0.3) is 5.91 Å². The fraction of sp³-hybridized carbons (Fsp3) is 0.316. The van der Waals surface area contributed by atoms with Crippen molar-refractivity contribution in [2.75, 3.05) is 19.8 Å². The van der Waals surface area contributed by atoms with Crippen molar-refractivity contribution in [3.8, 4) is 0 Å². The summed E-state index contributed by atoms with van der Waals surface area (Å²) in [5, 5.41) is 3.53. The molecule has 1 amide bonds. The van der Waals surface area contributed by atoms with Crippen LogP contribution >= 0.6 is 27.5 Å². The Morgan fingerprint density at radius 2 is 1.88 bits per heavy atom. The van der Waals surface area contributed by atoms with E-state index in [1.807, 2.05) is 24.3 Å². The van der Waals surface area contributed by atoms with Crippen LogP contribution in [-0.2, 0) is 10.2 Å². The normalized spacial score (nSPS) is 16.6. The van der Waals surface area contributed by atoms with E-state index < -0.39 is 0 Å². The maximum absolute atomic E-state index is 12.6. The van der Waals surface area contributed by atoms with E-state index in [-0.39, 0.29) is 11.3 Å². The average Bonchev–Trinajstić information content (AvgIpc) is 2.63. The summed E-state index contributed by atoms with van der Waals surface area (Å²) < 4.78 is 6.37. The number of hydrogen-bond acceptors (Lipinski definition) is 2. The summed E-state index contributed by atoms with van der Waals surface area (Å²) in [6.07, 6.45) is 1.78. The smallest absolute Gasteiger partial charge is 0.252 e. The molecule has 0 saturated carbocycles. The number of carbonyl (C=O) groups excluding carboxylic acids is 1. The van der Waals surface area contributed by atoms with Crippen molar-refractivity contribution in [2.45, 2.75) is 18.3 Å². The van der Waals surface area contributed by atoms with Crippen molar-refractivity contribution < 1.29 is 9.53 Å². The number of nitrogens with one attached hydrogen (secondary N) is 1. The average molecular weight is 409 g/mol. The van der Waals surface area contributed by atoms with Crippen molar-refractivity contribution in [3.05, 3.63) is 69.2 Å². The molecule has 0 radical (unpaired) electrons. The number of halogens is 2. The number of carbonyl (C=O) groups is 1. The molecule has 0 unspecified atom stereocenters. The van der Waals surface area contributed by atoms with Crippen LogP contribution in [0.4, 0.5) is 0 Å². The first-order valence-electron chi connectivity index (χ1n) is 7.97. The molecule has 2 aromatic carbocycles. The standard InChI is InChI=1S/C19H19BrClNO2/c20-15-6-7-17(21)16(12-15)18(23)22-13-19(8-10-24-11-9-19)14-4-2-1-3-5-14/h1-7,12H,8-11,13H2,(H,22,23). The van der Waals surface area contributed by atoms with E-state index in [9.17, 15) is 4.79 Å². The SMILES string of the molecule is O=C(NCC1(c2ccccc2)CCOCC1)c1cc(Br)ccc1Cl. The Balaban J connectivity index is 1.79. The highest BCUT2D eigenvalue weighted by Gasteiger charge is 2.34. The van der Waals surface area contributed by atoms with Gasteiger partial charge in [0, 0.05) is 29.6 Å². The zero-order chi connectivity index (χ0) is 17.0. The molecule has 0 atom stereocenters. The number of hydrogen-bond donors (Lipinski definition) is 1. The Morgan fingerprint density at radius 3 is 2.58 bits per heavy atom. The van der Waals surface area contributed by atoms with E-state index >= 15 is 0 Å². The van der Waals surface area contributed by atoms with E-state index in [1.165, 1.54) is 5.56 Å². The van der Waals surface area contributed by atoms with Crippen LogP contribution in [0.25, 0.3) is 0 Å². The van der Waals surface area contributed by atoms with Gasteiger partial charge in [-0.25, -0.2) is 0 Å². The molecule has 1 saturated heterocycles. The molecule has 0 spiro atoms. The number of benzene rings is 2. The van der Waals surface area contributed by atoms with Gasteiger partial charge in [0.2, 0.25) is 0 Å². The number of rotatable bonds is 4. The third kappa shape index (κ3) is 3.82. The lowest BCUT2D eigenvalue weighted by atomic mass is 9.74. The second kappa shape index (κ2) is 7.68. The first kappa shape index (κ1) is 17.5. The van der Waals surface area contributed by atoms with Crippen molar-refractivity contribution in [1.82, 2.24) is 5.32 Å². The van der Waals surface area contributed by atoms with E-state index in [2.05, 4.69) is 33.4 Å². The van der Waals surface area contributed by atoms with Crippen LogP contribution in [0.1, 0.15) is 28.8 Å². The molecule has 3 rings (SSSR count). The second-order valence-electron chi connectivity index (χ2n) is 6.07. The third-order valence-corrected chi connectivity index (χ3v) is 5.42. The molecule has 1 aliphatic rings. The van der Waals surface area contributed by atoms with Crippen LogP contribution in [0.2, 0.25) is 5.02 Å². The predicted molar refractivity (Wildman–Crippen MR) is 99.7 cm³/mol. The van der Waals surface area contributed by atoms with Crippen LogP contribution in [0, 0.1) is 0 Å². The second-order valence-corrected chi connectivity index (χ2v) is 7.39. The lowest BCUT2D eigenvalue weighted by Gasteiger charge is -2.38. The molecule has 0 aromatic heterocycles. The molecule has 0 bridgehead atoms. The van der Waals surface area contributed by atoms with Gasteiger partial charge in [-0.1, -0.05) is 57.9 Å². The van der Waals surface area contributed by atoms with E-state index in [4.69, 9.17) is 16.3 Å². The molecule has 1 aliphatic heterocycles. The fourth-order valence-corrected chi connectivity index (χ4v) is 3.70. The topological polar surface area (TPSA) is 38.3 Å². The Bertz CT molecular complexity index is 715. The van der Waals surface area contributed by atoms with Crippen LogP contribution < -0.4 is 5.32 Å². The molecule has 2 aromatic rings. The zero-order valence-corrected chi connectivity index (χ0v) is 15.6. The molecule has 0 aliphatic carbocycles. The highest BCUT2D eigenvalue weighted by molar-refractivity contribution is 9.10. The third-order valence-electron chi connectivity index (χ3n) is 4.60. The molecule has 5 heteroatoms. The van der Waals surface area contributed by atoms with Gasteiger partial charge in [-0.3, -0.25) is 4.79 Å². The van der Waals surface area contributed by atoms with Crippen LogP contribution in [0.15, 0.2) is 53.0 Å². The molecule has 24 heavy (non-hydrogen) atoms. The summed E-state index contributed by atoms with van der Waals surface area (Å²) >= 11 is 9.55. The summed E-state index contributed by atoms with van der Waals surface area (Å²) in [5.74, 6) is -0.150. The van der Waals surface area contributed by atoms with Crippen molar-refractivity contribution >= 4 is 33.4 Å². The highest BCUT2D eigenvalue weighted by atomic mass is 79.9. The summed E-state index contributed by atoms with van der Waals surface area (Å²) in [7, 11) is 0. The van der Waals surface area contributed by atoms with Gasteiger partial charge >= 0.3 is 0 Å². The minimum Gasteiger partial charge on any atom is -0.381 e. The zero-order valence-electron chi connectivity index (χ0n) is 13.2. The number of amides is 1. The lowest BCUT2D eigenvalue weighted by Crippen LogP contribution is -2.44. The summed E-state index contributed by atoms with van der Waals surface area (Å²) in [5.41, 5.74) is 1.64. The van der Waals surface area contributed by atoms with E-state index in [1.54, 1.807) is 12.1 Å². The summed E-state index contributed by atoms with van der Waals surface area (Å²) in [6, 6.07) is 15.6. The minimum atomic E-state index is -0.150. The van der Waals surface area contributed by atoms with Gasteiger partial charge in [0.15, 0.2) is 0 Å². The van der Waals surface area contributed by atoms with E-state index in [0.717, 1.165) is 17.3 Å². The van der Waals surface area contributed by atoms with Crippen LogP contribution in [0.5, 0.6) is 0 Å². The molecule has 1 heterocycles. The highest BCUT2D eigenvalue weighted by Crippen LogP contribution is 2.34. The van der Waals surface area contributed by atoms with Crippen molar-refractivity contribution in [3.63, 3.8) is 0 Å². The Labute approximate surface area is 155 Å². The Morgan fingerprint density at radius 1 is 1.17 bits per heavy atom. The molecule has 1 N–H and O–H groups in total. The maximum Gasteiger partial charge on any atom is 0.252 e.